The molecule has 3 atom stereocenters. The molecular weight excluding hydrogens is 1020 g/mol. The number of quaternary nitrogens is 1. The highest BCUT2D eigenvalue weighted by Gasteiger charge is 2.27. The van der Waals surface area contributed by atoms with Crippen LogP contribution in [0.2, 0.25) is 0 Å². The van der Waals surface area contributed by atoms with Crippen molar-refractivity contribution in [2.45, 2.75) is 367 Å². The molecule has 0 bridgehead atoms. The van der Waals surface area contributed by atoms with Crippen molar-refractivity contribution in [1.29, 1.82) is 0 Å². The van der Waals surface area contributed by atoms with Gasteiger partial charge in [0.05, 0.1) is 33.8 Å². The predicted molar refractivity (Wildman–Crippen MR) is 349 cm³/mol. The second-order valence-electron chi connectivity index (χ2n) is 25.4. The number of rotatable bonds is 65. The highest BCUT2D eigenvalue weighted by molar-refractivity contribution is 7.45. The van der Waals surface area contributed by atoms with E-state index in [1.165, 1.54) is 244 Å². The fraction of sp³-hybridized carbons (Fsp3) is 0.887. The Morgan fingerprint density at radius 2 is 0.741 bits per heavy atom. The average molecular weight is 1160 g/mol. The predicted octanol–water partition coefficient (Wildman–Crippen LogP) is 21.6. The fourth-order valence-electron chi connectivity index (χ4n) is 10.6. The maximum atomic E-state index is 13.6. The molecule has 0 aliphatic heterocycles. The minimum Gasteiger partial charge on any atom is -0.756 e. The molecule has 0 heterocycles. The van der Waals surface area contributed by atoms with E-state index in [4.69, 9.17) is 13.8 Å². The third-order valence-electron chi connectivity index (χ3n) is 16.1. The highest BCUT2D eigenvalue weighted by atomic mass is 31.2. The van der Waals surface area contributed by atoms with E-state index < -0.39 is 20.0 Å². The van der Waals surface area contributed by atoms with Crippen molar-refractivity contribution in [3.63, 3.8) is 0 Å². The Bertz CT molecular complexity index is 1480. The van der Waals surface area contributed by atoms with Gasteiger partial charge in [-0.2, -0.15) is 0 Å². The molecule has 10 heteroatoms. The van der Waals surface area contributed by atoms with Crippen LogP contribution in [0.15, 0.2) is 36.5 Å². The van der Waals surface area contributed by atoms with Gasteiger partial charge in [-0.1, -0.05) is 321 Å². The summed E-state index contributed by atoms with van der Waals surface area (Å²) in [7, 11) is 1.19. The van der Waals surface area contributed by atoms with E-state index in [0.29, 0.717) is 17.4 Å². The van der Waals surface area contributed by atoms with Crippen LogP contribution >= 0.6 is 7.82 Å². The lowest BCUT2D eigenvalue weighted by Crippen LogP contribution is -2.47. The second-order valence-corrected chi connectivity index (χ2v) is 26.8. The first-order chi connectivity index (χ1) is 39.4. The molecule has 0 aromatic rings. The zero-order valence-electron chi connectivity index (χ0n) is 54.8. The van der Waals surface area contributed by atoms with Gasteiger partial charge in [0, 0.05) is 12.8 Å². The lowest BCUT2D eigenvalue weighted by Gasteiger charge is -2.30. The van der Waals surface area contributed by atoms with E-state index in [2.05, 4.69) is 50.4 Å². The van der Waals surface area contributed by atoms with E-state index in [-0.39, 0.29) is 31.5 Å². The van der Waals surface area contributed by atoms with Crippen LogP contribution < -0.4 is 10.2 Å². The Kier molecular flexibility index (Phi) is 60.0. The van der Waals surface area contributed by atoms with E-state index in [1.54, 1.807) is 0 Å². The van der Waals surface area contributed by atoms with Crippen LogP contribution in [-0.4, -0.2) is 69.4 Å². The number of amides is 1. The number of phosphoric acid groups is 1. The molecule has 0 rings (SSSR count). The zero-order chi connectivity index (χ0) is 59.3. The normalized spacial score (nSPS) is 13.7. The number of unbranched alkanes of at least 4 members (excludes halogenated alkanes) is 46. The maximum Gasteiger partial charge on any atom is 0.306 e. The van der Waals surface area contributed by atoms with E-state index in [1.807, 2.05) is 33.3 Å². The Labute approximate surface area is 504 Å². The number of carbonyl (C=O) groups is 2. The van der Waals surface area contributed by atoms with Gasteiger partial charge in [-0.05, 0) is 57.4 Å². The third kappa shape index (κ3) is 62.6. The largest absolute Gasteiger partial charge is 0.756 e. The number of likely N-dealkylation sites (N-methyl/N-ethyl adjacent to an activating group) is 1. The van der Waals surface area contributed by atoms with Crippen LogP contribution in [0.4, 0.5) is 0 Å². The molecule has 0 aromatic heterocycles. The summed E-state index contributed by atoms with van der Waals surface area (Å²) in [6.07, 6.45) is 75.6. The molecule has 0 radical (unpaired) electrons. The quantitative estimate of drug-likeness (QED) is 0.0161. The minimum absolute atomic E-state index is 0.0217. The van der Waals surface area contributed by atoms with Gasteiger partial charge in [-0.25, -0.2) is 0 Å². The lowest BCUT2D eigenvalue weighted by molar-refractivity contribution is -0.870. The van der Waals surface area contributed by atoms with E-state index >= 15 is 0 Å². The monoisotopic (exact) mass is 1160 g/mol. The molecule has 9 nitrogen and oxygen atoms in total. The number of hydrogen-bond acceptors (Lipinski definition) is 7. The fourth-order valence-corrected chi connectivity index (χ4v) is 11.4. The number of nitrogens with zero attached hydrogens (tertiary/aromatic N) is 1. The highest BCUT2D eigenvalue weighted by Crippen LogP contribution is 2.38. The van der Waals surface area contributed by atoms with E-state index in [9.17, 15) is 19.0 Å². The van der Waals surface area contributed by atoms with Crippen LogP contribution in [-0.2, 0) is 27.9 Å². The summed E-state index contributed by atoms with van der Waals surface area (Å²) in [5, 5.41) is 3.04. The molecular formula is C71H137N2O7P. The molecule has 0 saturated heterocycles. The Hall–Kier alpha value is -1.77. The number of hydrogen-bond donors (Lipinski definition) is 1. The van der Waals surface area contributed by atoms with Gasteiger partial charge in [-0.15, -0.1) is 0 Å². The average Bonchev–Trinajstić information content (AvgIpc) is 3.44. The van der Waals surface area contributed by atoms with Gasteiger partial charge in [0.1, 0.15) is 19.3 Å². The summed E-state index contributed by atoms with van der Waals surface area (Å²) in [6, 6.07) is -0.890. The Morgan fingerprint density at radius 3 is 1.11 bits per heavy atom. The first-order valence-corrected chi connectivity index (χ1v) is 36.8. The van der Waals surface area contributed by atoms with Crippen molar-refractivity contribution >= 4 is 19.7 Å². The van der Waals surface area contributed by atoms with Gasteiger partial charge >= 0.3 is 5.97 Å². The number of phosphoric ester groups is 1. The number of ether oxygens (including phenoxy) is 1. The Balaban J connectivity index is 4.99. The van der Waals surface area contributed by atoms with Gasteiger partial charge in [0.2, 0.25) is 5.91 Å². The van der Waals surface area contributed by atoms with E-state index in [0.717, 1.165) is 77.0 Å². The van der Waals surface area contributed by atoms with Crippen molar-refractivity contribution in [2.24, 2.45) is 0 Å². The first-order valence-electron chi connectivity index (χ1n) is 35.3. The number of carbonyl (C=O) groups excluding carboxylic acids is 2. The summed E-state index contributed by atoms with van der Waals surface area (Å²) in [4.78, 5) is 40.1. The summed E-state index contributed by atoms with van der Waals surface area (Å²) >= 11 is 0. The second kappa shape index (κ2) is 61.3. The SMILES string of the molecule is CCCCC/C=C/C=C/CCCCCCCCC(=O)OC(/C=C\CCCCCCCCCCCCC)C(COP(=O)([O-])OCC[N+](C)(C)C)NC(=O)CCCCCCCCCCCCCCCCCCCCCCCCCCCCC. The molecule has 0 aromatic carbocycles. The molecule has 0 saturated carbocycles. The molecule has 0 spiro atoms. The topological polar surface area (TPSA) is 114 Å². The van der Waals surface area contributed by atoms with Crippen LogP contribution in [0, 0.1) is 0 Å². The summed E-state index contributed by atoms with van der Waals surface area (Å²) < 4.78 is 30.4. The van der Waals surface area contributed by atoms with Crippen molar-refractivity contribution in [3.05, 3.63) is 36.5 Å². The summed E-state index contributed by atoms with van der Waals surface area (Å²) in [6.45, 7) is 6.86. The molecule has 0 aliphatic carbocycles. The minimum atomic E-state index is -4.70. The van der Waals surface area contributed by atoms with Crippen molar-refractivity contribution in [3.8, 4) is 0 Å². The maximum absolute atomic E-state index is 13.6. The third-order valence-corrected chi connectivity index (χ3v) is 17.1. The van der Waals surface area contributed by atoms with Gasteiger partial charge in [0.15, 0.2) is 0 Å². The molecule has 1 amide bonds. The van der Waals surface area contributed by atoms with Crippen molar-refractivity contribution < 1.29 is 37.3 Å². The molecule has 478 valence electrons. The van der Waals surface area contributed by atoms with Crippen LogP contribution in [0.5, 0.6) is 0 Å². The molecule has 3 unspecified atom stereocenters. The summed E-state index contributed by atoms with van der Waals surface area (Å²) in [5.41, 5.74) is 0. The number of allylic oxidation sites excluding steroid dienone is 5. The first kappa shape index (κ1) is 79.2. The van der Waals surface area contributed by atoms with Crippen LogP contribution in [0.25, 0.3) is 0 Å². The smallest absolute Gasteiger partial charge is 0.306 e. The summed E-state index contributed by atoms with van der Waals surface area (Å²) in [5.74, 6) is -0.536. The van der Waals surface area contributed by atoms with Gasteiger partial charge in [0.25, 0.3) is 7.82 Å². The zero-order valence-corrected chi connectivity index (χ0v) is 55.7. The lowest BCUT2D eigenvalue weighted by atomic mass is 10.0. The van der Waals surface area contributed by atoms with Gasteiger partial charge < -0.3 is 28.5 Å². The number of nitrogens with one attached hydrogen (secondary N) is 1. The molecule has 0 aliphatic rings. The van der Waals surface area contributed by atoms with Crippen molar-refractivity contribution in [2.75, 3.05) is 40.9 Å². The molecule has 1 N–H and O–H groups in total. The molecule has 81 heavy (non-hydrogen) atoms. The standard InChI is InChI=1S/C71H137N2O7P/c1-7-10-13-16-19-22-25-28-30-31-32-33-34-35-36-37-38-39-40-41-43-45-48-51-54-57-60-63-70(74)72-68(67-79-81(76,77)78-66-65-73(4,5)6)69(62-59-56-53-50-47-44-27-24-21-18-15-12-9-3)80-71(75)64-61-58-55-52-49-46-42-29-26-23-20-17-14-11-8-2/h20,23,26,29,59,62,68-69H,7-19,21-22,24-25,27-28,30-58,60-61,63-67H2,1-6H3,(H-,72,74,76,77)/b23-20+,29-26+,62-59-. The van der Waals surface area contributed by atoms with Gasteiger partial charge in [-0.3, -0.25) is 14.2 Å². The van der Waals surface area contributed by atoms with Crippen molar-refractivity contribution in [1.82, 2.24) is 5.32 Å². The van der Waals surface area contributed by atoms with Crippen LogP contribution in [0.3, 0.4) is 0 Å². The Morgan fingerprint density at radius 1 is 0.432 bits per heavy atom. The number of esters is 1. The molecule has 0 fully saturated rings. The van der Waals surface area contributed by atoms with Crippen LogP contribution in [0.1, 0.15) is 355 Å².